The van der Waals surface area contributed by atoms with Gasteiger partial charge in [-0.05, 0) is 178 Å². The van der Waals surface area contributed by atoms with E-state index in [-0.39, 0.29) is 218 Å². The van der Waals surface area contributed by atoms with E-state index in [0.717, 1.165) is 101 Å². The topological polar surface area (TPSA) is 667 Å². The van der Waals surface area contributed by atoms with Gasteiger partial charge in [0.25, 0.3) is 0 Å². The Balaban J connectivity index is 1.21. The summed E-state index contributed by atoms with van der Waals surface area (Å²) in [5.74, 6) is -8.60. The zero-order chi connectivity index (χ0) is 102. The Kier molecular flexibility index (Phi) is 57.2. The van der Waals surface area contributed by atoms with Crippen molar-refractivity contribution in [2.75, 3.05) is 77.0 Å². The molecule has 4 aromatic heterocycles. The summed E-state index contributed by atoms with van der Waals surface area (Å²) in [4.78, 5) is 261. The van der Waals surface area contributed by atoms with Crippen LogP contribution in [0.25, 0.3) is 0 Å². The molecule has 142 heavy (non-hydrogen) atoms. The maximum atomic E-state index is 15.5. The minimum Gasteiger partial charge on any atom is -0.356 e. The molecule has 26 N–H and O–H groups in total. The fraction of sp³-hybridized carbons (Fsp3) is 0.708. The first kappa shape index (κ1) is 118. The van der Waals surface area contributed by atoms with Gasteiger partial charge in [-0.15, -0.1) is 0 Å². The van der Waals surface area contributed by atoms with E-state index in [4.69, 9.17) is 22.9 Å². The summed E-state index contributed by atoms with van der Waals surface area (Å²) in [7, 11) is 0. The van der Waals surface area contributed by atoms with Gasteiger partial charge in [-0.3, -0.25) is 76.7 Å². The summed E-state index contributed by atoms with van der Waals surface area (Å²) in [6.45, 7) is -0.734. The van der Waals surface area contributed by atoms with Gasteiger partial charge in [-0.2, -0.15) is 25.3 Å². The number of aromatic amines is 4. The Morgan fingerprint density at radius 2 is 0.563 bits per heavy atom. The van der Waals surface area contributed by atoms with E-state index in [1.807, 2.05) is 0 Å². The van der Waals surface area contributed by atoms with Crippen LogP contribution in [-0.4, -0.2) is 294 Å². The van der Waals surface area contributed by atoms with Crippen LogP contribution >= 0.6 is 25.3 Å². The monoisotopic (exact) mass is 2030 g/mol. The maximum Gasteiger partial charge on any atom is 0.245 e. The number of hydrogen-bond donors (Lipinski definition) is 24. The van der Waals surface area contributed by atoms with E-state index in [0.29, 0.717) is 61.3 Å². The van der Waals surface area contributed by atoms with E-state index >= 15 is 28.8 Å². The number of H-pyrrole nitrogens is 4. The lowest BCUT2D eigenvalue weighted by molar-refractivity contribution is -0.142. The number of amides is 16. The summed E-state index contributed by atoms with van der Waals surface area (Å²) >= 11 is 8.61. The van der Waals surface area contributed by atoms with E-state index in [1.165, 1.54) is 35.1 Å². The molecule has 46 heteroatoms. The van der Waals surface area contributed by atoms with Crippen LogP contribution < -0.4 is 97.4 Å². The van der Waals surface area contributed by atoms with Crippen molar-refractivity contribution >= 4 is 120 Å². The lowest BCUT2D eigenvalue weighted by atomic mass is 10.0. The number of nitrogens with two attached hydrogens (primary N) is 4. The van der Waals surface area contributed by atoms with Crippen molar-refractivity contribution in [3.8, 4) is 0 Å². The second kappa shape index (κ2) is 69.0. The molecule has 3 aliphatic heterocycles. The number of rotatable bonds is 62. The molecular formula is C96H160N28O16S2. The van der Waals surface area contributed by atoms with Crippen LogP contribution in [0.15, 0.2) is 50.1 Å². The molecule has 0 spiro atoms. The van der Waals surface area contributed by atoms with Gasteiger partial charge in [0.15, 0.2) is 0 Å². The number of aromatic nitrogens is 8. The molecule has 0 aromatic carbocycles. The first-order valence-electron chi connectivity index (χ1n) is 51.5. The number of nitrogens with one attached hydrogen (secondary N) is 18. The number of fused-ring (bicyclic) bond motifs is 2. The Morgan fingerprint density at radius 1 is 0.317 bits per heavy atom. The predicted molar refractivity (Wildman–Crippen MR) is 540 cm³/mol. The van der Waals surface area contributed by atoms with Crippen molar-refractivity contribution in [3.63, 3.8) is 0 Å². The highest BCUT2D eigenvalue weighted by atomic mass is 32.1. The summed E-state index contributed by atoms with van der Waals surface area (Å²) in [6, 6.07) is -14.9. The first-order chi connectivity index (χ1) is 68.7. The van der Waals surface area contributed by atoms with Gasteiger partial charge in [-0.1, -0.05) is 77.0 Å². The number of thiol groups is 2. The molecule has 4 aromatic rings. The van der Waals surface area contributed by atoms with Gasteiger partial charge in [0, 0.05) is 138 Å². The second-order valence-electron chi connectivity index (χ2n) is 37.3. The molecule has 0 saturated carbocycles. The number of unbranched alkanes of at least 4 members (excludes halogenated alkanes) is 20. The minimum absolute atomic E-state index is 0.00366. The molecule has 0 aliphatic carbocycles. The molecule has 12 atom stereocenters. The molecule has 44 nitrogen and oxygen atoms in total. The molecule has 3 saturated heterocycles. The molecule has 16 amide bonds. The number of imidazole rings is 4. The van der Waals surface area contributed by atoms with Crippen LogP contribution in [-0.2, 0) is 102 Å². The lowest BCUT2D eigenvalue weighted by Gasteiger charge is -2.31. The van der Waals surface area contributed by atoms with Crippen molar-refractivity contribution < 1.29 is 76.7 Å². The lowest BCUT2D eigenvalue weighted by Crippen LogP contribution is -2.59. The van der Waals surface area contributed by atoms with Crippen molar-refractivity contribution in [3.05, 3.63) is 72.9 Å². The maximum absolute atomic E-state index is 15.5. The number of carbonyl (C=O) groups is 16. The van der Waals surface area contributed by atoms with E-state index in [1.54, 1.807) is 24.8 Å². The molecule has 792 valence electrons. The second-order valence-corrected chi connectivity index (χ2v) is 38.2. The normalized spacial score (nSPS) is 19.8. The van der Waals surface area contributed by atoms with Gasteiger partial charge in [0.05, 0.1) is 62.6 Å². The predicted octanol–water partition coefficient (Wildman–Crippen LogP) is 0.896. The molecule has 0 radical (unpaired) electrons. The largest absolute Gasteiger partial charge is 0.356 e. The van der Waals surface area contributed by atoms with Crippen molar-refractivity contribution in [2.45, 2.75) is 355 Å². The molecule has 3 fully saturated rings. The molecule has 0 bridgehead atoms. The molecular weight excluding hydrogens is 1870 g/mol. The Morgan fingerprint density at radius 3 is 0.831 bits per heavy atom. The van der Waals surface area contributed by atoms with E-state index < -0.39 is 168 Å². The number of carbonyl (C=O) groups excluding carboxylic acids is 16. The van der Waals surface area contributed by atoms with E-state index in [9.17, 15) is 47.9 Å². The highest BCUT2D eigenvalue weighted by Gasteiger charge is 2.42. The zero-order valence-corrected chi connectivity index (χ0v) is 84.4. The van der Waals surface area contributed by atoms with Gasteiger partial charge < -0.3 is 127 Å². The Hall–Kier alpha value is -11.1. The van der Waals surface area contributed by atoms with Crippen LogP contribution in [0, 0.1) is 0 Å². The highest BCUT2D eigenvalue weighted by Crippen LogP contribution is 2.24. The summed E-state index contributed by atoms with van der Waals surface area (Å²) in [6.07, 6.45) is 32.5. The van der Waals surface area contributed by atoms with Gasteiger partial charge in [0.1, 0.15) is 48.3 Å². The highest BCUT2D eigenvalue weighted by molar-refractivity contribution is 7.80. The zero-order valence-electron chi connectivity index (χ0n) is 82.6. The SMILES string of the molecule is N[C@@H](Cc1cnc[nH]1)C(=O)NCCCC[C@@H]1NC(=O)CNC(=O)[C@@H]2CCCN2C(=O)[C@H](CCCCNC(=O)[C@@H](N)Cc2cnc[nH]2)NC(=O)[C@H](CCCCNC(=O)CCCCCCCCCCS)NC(=O)[C@H](CCCCNC(=O)[C@@H](N)Cc2cnc[nH]2)NC(=O)CNC(=O)[C@@H]2CCCN2C(=O)[C@H](CCCCNC(=O)[C@@H](N)Cc2cnc[nH]2)NC(=O)[C@H](CCCCNC(=O)CCCCCCCCCCS)NC1=O. The van der Waals surface area contributed by atoms with Crippen molar-refractivity contribution in [1.29, 1.82) is 0 Å². The average molecular weight is 2030 g/mol. The third kappa shape index (κ3) is 46.5. The first-order valence-corrected chi connectivity index (χ1v) is 52.7. The summed E-state index contributed by atoms with van der Waals surface area (Å²) < 4.78 is 0. The Labute approximate surface area is 843 Å². The van der Waals surface area contributed by atoms with Crippen LogP contribution in [0.5, 0.6) is 0 Å². The Bertz CT molecular complexity index is 4150. The molecule has 7 heterocycles. The fourth-order valence-corrected chi connectivity index (χ4v) is 17.9. The van der Waals surface area contributed by atoms with Crippen LogP contribution in [0.3, 0.4) is 0 Å². The average Bonchev–Trinajstić information content (AvgIpc) is 1.66. The number of hydrogen-bond acceptors (Lipinski definition) is 26. The van der Waals surface area contributed by atoms with Gasteiger partial charge in [0.2, 0.25) is 94.5 Å². The summed E-state index contributed by atoms with van der Waals surface area (Å²) in [5.41, 5.74) is 27.6. The number of nitrogens with zero attached hydrogens (tertiary/aromatic N) is 6. The van der Waals surface area contributed by atoms with Crippen LogP contribution in [0.4, 0.5) is 0 Å². The molecule has 7 rings (SSSR count). The van der Waals surface area contributed by atoms with E-state index in [2.05, 4.69) is 140 Å². The van der Waals surface area contributed by atoms with Gasteiger partial charge >= 0.3 is 0 Å². The standard InChI is InChI=1S/C96H160N28O16S2/c97-69(51-65-55-101-61-113-65)85(129)107-43-23-17-31-73-89(133)119-75(33-15-21-41-105-81(125)39-13-9-5-1-3-7-11-27-49-141)91(135)121-77(35-19-25-45-109-87(131)71(99)53-67-57-103-63-115-67)95(139)123-47-29-37-79(123)93(137)112-60-84(128)118-74(32-18-24-44-108-86(130)70(98)52-66-56-102-62-114-66)90(134)120-76(34-16-22-42-106-82(126)40-14-10-6-2-4-8-12-28-50-142)92(136)122-78(36-20-26-46-110-88(132)72(100)54-68-58-104-64-116-68)96(140)124-48-30-38-80(124)94(138)111-59-83(127)117-73/h55-58,61-64,69-80,141-142H,1-54,59-60,97-100H2,(H,101,113)(H,102,114)(H,103,115)(H,104,116)(H,105,125)(H,106,126)(H,107,129)(H,108,130)(H,109,131)(H,110,132)(H,111,138)(H,112,137)(H,117,127)(H,118,128)(H,119,133)(H,120,134)(H,121,135)(H,122,136)/t69-,70-,71-,72-,73-,74-,75-,76-,77-,78-,79-,80-/m0/s1. The quantitative estimate of drug-likeness (QED) is 0.0216. The minimum atomic E-state index is -1.45. The third-order valence-corrected chi connectivity index (χ3v) is 26.3. The van der Waals surface area contributed by atoms with Crippen molar-refractivity contribution in [2.24, 2.45) is 22.9 Å². The fourth-order valence-electron chi connectivity index (χ4n) is 17.4. The van der Waals surface area contributed by atoms with Crippen LogP contribution in [0.1, 0.15) is 280 Å². The molecule has 3 aliphatic rings. The third-order valence-electron chi connectivity index (χ3n) is 25.6. The van der Waals surface area contributed by atoms with Crippen molar-refractivity contribution in [1.82, 2.24) is 124 Å². The molecule has 0 unspecified atom stereocenters. The summed E-state index contributed by atoms with van der Waals surface area (Å²) in [5, 5.41) is 39.5. The smallest absolute Gasteiger partial charge is 0.245 e. The van der Waals surface area contributed by atoms with Gasteiger partial charge in [-0.25, -0.2) is 19.9 Å². The van der Waals surface area contributed by atoms with Crippen LogP contribution in [0.2, 0.25) is 0 Å².